The fourth-order valence-electron chi connectivity index (χ4n) is 3.22. The Morgan fingerprint density at radius 3 is 2.84 bits per heavy atom. The maximum atomic E-state index is 5.44. The molecule has 106 valence electrons. The quantitative estimate of drug-likeness (QED) is 0.859. The van der Waals surface area contributed by atoms with Crippen molar-refractivity contribution in [3.05, 3.63) is 29.8 Å². The minimum atomic E-state index is 0.355. The van der Waals surface area contributed by atoms with Crippen LogP contribution in [0.3, 0.4) is 0 Å². The van der Waals surface area contributed by atoms with Crippen LogP contribution in [-0.4, -0.2) is 13.7 Å². The van der Waals surface area contributed by atoms with Crippen LogP contribution in [0.2, 0.25) is 0 Å². The van der Waals surface area contributed by atoms with Crippen molar-refractivity contribution in [2.75, 3.05) is 13.7 Å². The fourth-order valence-corrected chi connectivity index (χ4v) is 3.22. The smallest absolute Gasteiger partial charge is 0.123 e. The predicted octanol–water partition coefficient (Wildman–Crippen LogP) is 4.17. The molecule has 0 heterocycles. The molecular weight excluding hydrogens is 234 g/mol. The third-order valence-electron chi connectivity index (χ3n) is 4.36. The van der Waals surface area contributed by atoms with Gasteiger partial charge in [-0.1, -0.05) is 38.0 Å². The summed E-state index contributed by atoms with van der Waals surface area (Å²) in [5.74, 6) is 2.74. The van der Waals surface area contributed by atoms with Crippen LogP contribution in [0, 0.1) is 11.8 Å². The lowest BCUT2D eigenvalue weighted by molar-refractivity contribution is 0.268. The standard InChI is InChI=1S/C17H27NO/c1-13-7-6-8-15(11-13)12-18-14(2)16-9-4-5-10-17(16)19-3/h4-5,9-10,13-15,18H,6-8,11-12H2,1-3H3/t13?,14-,15?/m1/s1. The van der Waals surface area contributed by atoms with Gasteiger partial charge < -0.3 is 10.1 Å². The SMILES string of the molecule is COc1ccccc1[C@@H](C)NCC1CCCC(C)C1. The van der Waals surface area contributed by atoms with E-state index in [0.29, 0.717) is 6.04 Å². The summed E-state index contributed by atoms with van der Waals surface area (Å²) in [5.41, 5.74) is 1.26. The average Bonchev–Trinajstić information content (AvgIpc) is 2.45. The Hall–Kier alpha value is -1.02. The second kappa shape index (κ2) is 6.95. The molecule has 1 fully saturated rings. The largest absolute Gasteiger partial charge is 0.496 e. The fraction of sp³-hybridized carbons (Fsp3) is 0.647. The number of rotatable bonds is 5. The van der Waals surface area contributed by atoms with Crippen molar-refractivity contribution >= 4 is 0 Å². The van der Waals surface area contributed by atoms with Crippen LogP contribution >= 0.6 is 0 Å². The lowest BCUT2D eigenvalue weighted by Gasteiger charge is -2.28. The Morgan fingerprint density at radius 1 is 1.32 bits per heavy atom. The van der Waals surface area contributed by atoms with E-state index in [0.717, 1.165) is 24.1 Å². The Kier molecular flexibility index (Phi) is 5.26. The molecule has 2 unspecified atom stereocenters. The first-order valence-corrected chi connectivity index (χ1v) is 7.57. The van der Waals surface area contributed by atoms with Crippen molar-refractivity contribution in [1.29, 1.82) is 0 Å². The molecule has 1 aliphatic carbocycles. The Morgan fingerprint density at radius 2 is 2.11 bits per heavy atom. The van der Waals surface area contributed by atoms with Crippen molar-refractivity contribution in [2.45, 2.75) is 45.6 Å². The molecule has 1 aromatic carbocycles. The van der Waals surface area contributed by atoms with Crippen molar-refractivity contribution in [3.63, 3.8) is 0 Å². The van der Waals surface area contributed by atoms with Crippen LogP contribution in [0.25, 0.3) is 0 Å². The third-order valence-corrected chi connectivity index (χ3v) is 4.36. The molecule has 0 aromatic heterocycles. The van der Waals surface area contributed by atoms with E-state index in [1.165, 1.54) is 31.2 Å². The maximum Gasteiger partial charge on any atom is 0.123 e. The summed E-state index contributed by atoms with van der Waals surface area (Å²) >= 11 is 0. The van der Waals surface area contributed by atoms with Gasteiger partial charge in [0.15, 0.2) is 0 Å². The summed E-state index contributed by atoms with van der Waals surface area (Å²) in [7, 11) is 1.74. The van der Waals surface area contributed by atoms with Gasteiger partial charge in [0.1, 0.15) is 5.75 Å². The number of nitrogens with one attached hydrogen (secondary N) is 1. The first-order chi connectivity index (χ1) is 9.20. The number of hydrogen-bond donors (Lipinski definition) is 1. The molecule has 0 spiro atoms. The van der Waals surface area contributed by atoms with Gasteiger partial charge in [0.05, 0.1) is 7.11 Å². The molecule has 1 N–H and O–H groups in total. The lowest BCUT2D eigenvalue weighted by Crippen LogP contribution is -2.28. The first-order valence-electron chi connectivity index (χ1n) is 7.57. The molecule has 2 nitrogen and oxygen atoms in total. The van der Waals surface area contributed by atoms with Gasteiger partial charge in [-0.3, -0.25) is 0 Å². The van der Waals surface area contributed by atoms with Gasteiger partial charge in [0, 0.05) is 11.6 Å². The Bertz CT molecular complexity index is 391. The number of benzene rings is 1. The molecule has 0 radical (unpaired) electrons. The molecule has 1 saturated carbocycles. The van der Waals surface area contributed by atoms with Gasteiger partial charge in [-0.15, -0.1) is 0 Å². The van der Waals surface area contributed by atoms with Crippen LogP contribution in [0.4, 0.5) is 0 Å². The highest BCUT2D eigenvalue weighted by molar-refractivity contribution is 5.35. The summed E-state index contributed by atoms with van der Waals surface area (Å²) in [6.45, 7) is 5.74. The molecule has 1 aliphatic rings. The van der Waals surface area contributed by atoms with Crippen molar-refractivity contribution in [3.8, 4) is 5.75 Å². The van der Waals surface area contributed by atoms with E-state index in [1.54, 1.807) is 7.11 Å². The topological polar surface area (TPSA) is 21.3 Å². The molecule has 0 aliphatic heterocycles. The zero-order valence-corrected chi connectivity index (χ0v) is 12.5. The van der Waals surface area contributed by atoms with E-state index in [1.807, 2.05) is 12.1 Å². The van der Waals surface area contributed by atoms with Gasteiger partial charge in [-0.25, -0.2) is 0 Å². The van der Waals surface area contributed by atoms with Crippen molar-refractivity contribution in [1.82, 2.24) is 5.32 Å². The van der Waals surface area contributed by atoms with Crippen LogP contribution in [0.5, 0.6) is 5.75 Å². The molecule has 1 aromatic rings. The zero-order valence-electron chi connectivity index (χ0n) is 12.5. The summed E-state index contributed by atoms with van der Waals surface area (Å²) in [6, 6.07) is 8.65. The van der Waals surface area contributed by atoms with Gasteiger partial charge in [-0.2, -0.15) is 0 Å². The summed E-state index contributed by atoms with van der Waals surface area (Å²) in [5, 5.41) is 3.68. The van der Waals surface area contributed by atoms with Crippen molar-refractivity contribution < 1.29 is 4.74 Å². The van der Waals surface area contributed by atoms with Crippen LogP contribution in [-0.2, 0) is 0 Å². The zero-order chi connectivity index (χ0) is 13.7. The van der Waals surface area contributed by atoms with Gasteiger partial charge in [-0.05, 0) is 44.2 Å². The van der Waals surface area contributed by atoms with Gasteiger partial charge in [0.25, 0.3) is 0 Å². The molecular formula is C17H27NO. The number of methoxy groups -OCH3 is 1. The first kappa shape index (κ1) is 14.4. The second-order valence-electron chi connectivity index (χ2n) is 6.01. The van der Waals surface area contributed by atoms with Crippen LogP contribution in [0.1, 0.15) is 51.1 Å². The summed E-state index contributed by atoms with van der Waals surface area (Å²) in [6.07, 6.45) is 5.58. The summed E-state index contributed by atoms with van der Waals surface area (Å²) < 4.78 is 5.44. The highest BCUT2D eigenvalue weighted by Gasteiger charge is 2.19. The Balaban J connectivity index is 1.88. The van der Waals surface area contributed by atoms with E-state index < -0.39 is 0 Å². The van der Waals surface area contributed by atoms with Crippen molar-refractivity contribution in [2.24, 2.45) is 11.8 Å². The van der Waals surface area contributed by atoms with Crippen LogP contribution < -0.4 is 10.1 Å². The van der Waals surface area contributed by atoms with E-state index >= 15 is 0 Å². The second-order valence-corrected chi connectivity index (χ2v) is 6.01. The number of para-hydroxylation sites is 1. The molecule has 0 amide bonds. The minimum absolute atomic E-state index is 0.355. The van der Waals surface area contributed by atoms with E-state index in [2.05, 4.69) is 31.3 Å². The molecule has 0 bridgehead atoms. The van der Waals surface area contributed by atoms with E-state index in [-0.39, 0.29) is 0 Å². The molecule has 0 saturated heterocycles. The van der Waals surface area contributed by atoms with Gasteiger partial charge in [0.2, 0.25) is 0 Å². The van der Waals surface area contributed by atoms with Crippen LogP contribution in [0.15, 0.2) is 24.3 Å². The highest BCUT2D eigenvalue weighted by atomic mass is 16.5. The normalized spacial score (nSPS) is 25.0. The Labute approximate surface area is 117 Å². The predicted molar refractivity (Wildman–Crippen MR) is 80.5 cm³/mol. The molecule has 3 atom stereocenters. The van der Waals surface area contributed by atoms with E-state index in [9.17, 15) is 0 Å². The summed E-state index contributed by atoms with van der Waals surface area (Å²) in [4.78, 5) is 0. The number of ether oxygens (including phenoxy) is 1. The third kappa shape index (κ3) is 3.97. The molecule has 2 heteroatoms. The highest BCUT2D eigenvalue weighted by Crippen LogP contribution is 2.29. The lowest BCUT2D eigenvalue weighted by atomic mass is 9.82. The maximum absolute atomic E-state index is 5.44. The van der Waals surface area contributed by atoms with E-state index in [4.69, 9.17) is 4.74 Å². The van der Waals surface area contributed by atoms with Gasteiger partial charge >= 0.3 is 0 Å². The number of hydrogen-bond acceptors (Lipinski definition) is 2. The minimum Gasteiger partial charge on any atom is -0.496 e. The monoisotopic (exact) mass is 261 g/mol. The average molecular weight is 261 g/mol. The molecule has 2 rings (SSSR count). The molecule has 19 heavy (non-hydrogen) atoms.